The number of thiazole rings is 1. The molecule has 1 heterocycles. The van der Waals surface area contributed by atoms with E-state index in [1.807, 2.05) is 48.5 Å². The fourth-order valence-electron chi connectivity index (χ4n) is 3.00. The molecule has 0 aliphatic rings. The lowest BCUT2D eigenvalue weighted by Crippen LogP contribution is -1.86. The van der Waals surface area contributed by atoms with Gasteiger partial charge >= 0.3 is 0 Å². The van der Waals surface area contributed by atoms with Crippen molar-refractivity contribution in [2.24, 2.45) is 4.99 Å². The number of aliphatic imine (C=N–C) groups is 1. The summed E-state index contributed by atoms with van der Waals surface area (Å²) in [6.07, 6.45) is 1.65. The molecule has 4 aromatic rings. The molecule has 0 radical (unpaired) electrons. The summed E-state index contributed by atoms with van der Waals surface area (Å²) in [6, 6.07) is 21.0. The quantitative estimate of drug-likeness (QED) is 0.274. The van der Waals surface area contributed by atoms with Crippen molar-refractivity contribution < 1.29 is 9.47 Å². The fraction of sp³-hybridized carbons (Fsp3) is 0.0833. The van der Waals surface area contributed by atoms with Crippen LogP contribution in [0.5, 0.6) is 11.5 Å². The highest BCUT2D eigenvalue weighted by atomic mass is 35.5. The molecule has 0 aliphatic heterocycles. The lowest BCUT2D eigenvalue weighted by Gasteiger charge is -2.05. The number of methoxy groups -OCH3 is 2. The molecule has 0 N–H and O–H groups in total. The van der Waals surface area contributed by atoms with Gasteiger partial charge in [0, 0.05) is 17.3 Å². The van der Waals surface area contributed by atoms with Gasteiger partial charge in [0.15, 0.2) is 0 Å². The zero-order valence-corrected chi connectivity index (χ0v) is 19.1. The second-order valence-electron chi connectivity index (χ2n) is 6.52. The van der Waals surface area contributed by atoms with Gasteiger partial charge in [0.1, 0.15) is 11.5 Å². The van der Waals surface area contributed by atoms with Gasteiger partial charge in [-0.1, -0.05) is 40.6 Å². The second kappa shape index (κ2) is 9.52. The van der Waals surface area contributed by atoms with Gasteiger partial charge in [-0.05, 0) is 66.2 Å². The molecular weight excluding hydrogens is 451 g/mol. The van der Waals surface area contributed by atoms with Crippen LogP contribution in [0.2, 0.25) is 10.0 Å². The standard InChI is InChI=1S/C24H18Cl2N2O2S/c1-29-17-10-6-15(7-11-17)22-23(16-8-12-18(30-2)13-9-16)31-24(28-22)27-14-19-20(25)4-3-5-21(19)26/h3-14H,1-2H3. The third kappa shape index (κ3) is 4.74. The minimum atomic E-state index is 0.540. The highest BCUT2D eigenvalue weighted by molar-refractivity contribution is 7.19. The van der Waals surface area contributed by atoms with Gasteiger partial charge in [-0.2, -0.15) is 0 Å². The minimum absolute atomic E-state index is 0.540. The summed E-state index contributed by atoms with van der Waals surface area (Å²) >= 11 is 14.0. The van der Waals surface area contributed by atoms with Crippen LogP contribution in [0.3, 0.4) is 0 Å². The van der Waals surface area contributed by atoms with Crippen LogP contribution in [-0.4, -0.2) is 25.4 Å². The summed E-state index contributed by atoms with van der Waals surface area (Å²) in [7, 11) is 3.30. The Morgan fingerprint density at radius 3 is 1.90 bits per heavy atom. The van der Waals surface area contributed by atoms with E-state index in [-0.39, 0.29) is 0 Å². The average Bonchev–Trinajstić information content (AvgIpc) is 3.23. The SMILES string of the molecule is COc1ccc(-c2nc(N=Cc3c(Cl)cccc3Cl)sc2-c2ccc(OC)cc2)cc1. The Hall–Kier alpha value is -2.86. The summed E-state index contributed by atoms with van der Waals surface area (Å²) in [5.41, 5.74) is 3.51. The normalized spacial score (nSPS) is 11.1. The van der Waals surface area contributed by atoms with Crippen LogP contribution in [-0.2, 0) is 0 Å². The van der Waals surface area contributed by atoms with Crippen molar-refractivity contribution >= 4 is 45.9 Å². The zero-order valence-electron chi connectivity index (χ0n) is 16.8. The molecule has 1 aromatic heterocycles. The molecule has 0 atom stereocenters. The van der Waals surface area contributed by atoms with Gasteiger partial charge in [0.2, 0.25) is 5.13 Å². The molecule has 3 aromatic carbocycles. The van der Waals surface area contributed by atoms with Gasteiger partial charge in [-0.3, -0.25) is 0 Å². The molecule has 0 spiro atoms. The minimum Gasteiger partial charge on any atom is -0.497 e. The number of rotatable bonds is 6. The maximum Gasteiger partial charge on any atom is 0.210 e. The Balaban J connectivity index is 1.78. The zero-order chi connectivity index (χ0) is 21.8. The summed E-state index contributed by atoms with van der Waals surface area (Å²) in [6.45, 7) is 0. The van der Waals surface area contributed by atoms with E-state index in [4.69, 9.17) is 37.7 Å². The van der Waals surface area contributed by atoms with E-state index in [0.717, 1.165) is 33.2 Å². The van der Waals surface area contributed by atoms with Crippen LogP contribution in [0.15, 0.2) is 71.7 Å². The number of aromatic nitrogens is 1. The molecule has 0 bridgehead atoms. The molecule has 0 amide bonds. The molecular formula is C24H18Cl2N2O2S. The van der Waals surface area contributed by atoms with E-state index in [9.17, 15) is 0 Å². The van der Waals surface area contributed by atoms with Crippen molar-refractivity contribution in [2.75, 3.05) is 14.2 Å². The van der Waals surface area contributed by atoms with E-state index >= 15 is 0 Å². The Morgan fingerprint density at radius 2 is 1.35 bits per heavy atom. The van der Waals surface area contributed by atoms with Crippen molar-refractivity contribution in [3.63, 3.8) is 0 Å². The highest BCUT2D eigenvalue weighted by Crippen LogP contribution is 2.41. The summed E-state index contributed by atoms with van der Waals surface area (Å²) in [5, 5.41) is 1.68. The van der Waals surface area contributed by atoms with E-state index in [1.165, 1.54) is 11.3 Å². The number of hydrogen-bond donors (Lipinski definition) is 0. The number of ether oxygens (including phenoxy) is 2. The number of hydrogen-bond acceptors (Lipinski definition) is 5. The Bertz CT molecular complexity index is 1130. The van der Waals surface area contributed by atoms with Crippen molar-refractivity contribution in [3.8, 4) is 33.2 Å². The number of benzene rings is 3. The van der Waals surface area contributed by atoms with Crippen LogP contribution in [0.1, 0.15) is 5.56 Å². The van der Waals surface area contributed by atoms with Crippen LogP contribution < -0.4 is 9.47 Å². The first kappa shape index (κ1) is 21.4. The molecule has 4 rings (SSSR count). The number of halogens is 2. The van der Waals surface area contributed by atoms with E-state index in [1.54, 1.807) is 38.6 Å². The molecule has 0 unspecified atom stereocenters. The van der Waals surface area contributed by atoms with Crippen molar-refractivity contribution in [1.29, 1.82) is 0 Å². The molecule has 0 saturated carbocycles. The first-order valence-corrected chi connectivity index (χ1v) is 10.9. The van der Waals surface area contributed by atoms with Crippen LogP contribution in [0.4, 0.5) is 5.13 Å². The first-order chi connectivity index (χ1) is 15.1. The summed E-state index contributed by atoms with van der Waals surface area (Å²) in [5.74, 6) is 1.59. The molecule has 31 heavy (non-hydrogen) atoms. The summed E-state index contributed by atoms with van der Waals surface area (Å²) in [4.78, 5) is 10.4. The van der Waals surface area contributed by atoms with E-state index < -0.39 is 0 Å². The fourth-order valence-corrected chi connectivity index (χ4v) is 4.43. The Labute approximate surface area is 194 Å². The van der Waals surface area contributed by atoms with E-state index in [2.05, 4.69) is 4.99 Å². The van der Waals surface area contributed by atoms with Crippen molar-refractivity contribution in [2.45, 2.75) is 0 Å². The van der Waals surface area contributed by atoms with Gasteiger partial charge < -0.3 is 9.47 Å². The van der Waals surface area contributed by atoms with Gasteiger partial charge in [0.25, 0.3) is 0 Å². The largest absolute Gasteiger partial charge is 0.497 e. The lowest BCUT2D eigenvalue weighted by molar-refractivity contribution is 0.414. The molecule has 4 nitrogen and oxygen atoms in total. The Morgan fingerprint density at radius 1 is 0.806 bits per heavy atom. The van der Waals surface area contributed by atoms with Crippen molar-refractivity contribution in [1.82, 2.24) is 4.98 Å². The maximum atomic E-state index is 6.26. The third-order valence-corrected chi connectivity index (χ3v) is 6.31. The smallest absolute Gasteiger partial charge is 0.210 e. The first-order valence-electron chi connectivity index (χ1n) is 9.37. The number of nitrogens with zero attached hydrogens (tertiary/aromatic N) is 2. The van der Waals surface area contributed by atoms with Gasteiger partial charge in [0.05, 0.1) is 34.8 Å². The van der Waals surface area contributed by atoms with Crippen LogP contribution >= 0.6 is 34.5 Å². The predicted molar refractivity (Wildman–Crippen MR) is 130 cm³/mol. The molecule has 7 heteroatoms. The monoisotopic (exact) mass is 468 g/mol. The predicted octanol–water partition coefficient (Wildman–Crippen LogP) is 7.55. The van der Waals surface area contributed by atoms with Gasteiger partial charge in [-0.25, -0.2) is 9.98 Å². The lowest BCUT2D eigenvalue weighted by atomic mass is 10.1. The van der Waals surface area contributed by atoms with E-state index in [0.29, 0.717) is 20.7 Å². The molecule has 156 valence electrons. The second-order valence-corrected chi connectivity index (χ2v) is 8.32. The maximum absolute atomic E-state index is 6.26. The third-order valence-electron chi connectivity index (χ3n) is 4.64. The summed E-state index contributed by atoms with van der Waals surface area (Å²) < 4.78 is 10.6. The topological polar surface area (TPSA) is 43.7 Å². The molecule has 0 fully saturated rings. The van der Waals surface area contributed by atoms with Crippen LogP contribution in [0, 0.1) is 0 Å². The highest BCUT2D eigenvalue weighted by Gasteiger charge is 2.15. The Kier molecular flexibility index (Phi) is 6.56. The van der Waals surface area contributed by atoms with Crippen molar-refractivity contribution in [3.05, 3.63) is 82.3 Å². The van der Waals surface area contributed by atoms with Gasteiger partial charge in [-0.15, -0.1) is 0 Å². The molecule has 0 saturated heterocycles. The molecule has 0 aliphatic carbocycles. The van der Waals surface area contributed by atoms with Crippen LogP contribution in [0.25, 0.3) is 21.7 Å². The average molecular weight is 469 g/mol.